The van der Waals surface area contributed by atoms with E-state index in [1.54, 1.807) is 0 Å². The van der Waals surface area contributed by atoms with Crippen molar-refractivity contribution in [1.29, 1.82) is 0 Å². The van der Waals surface area contributed by atoms with Crippen LogP contribution in [0.2, 0.25) is 0 Å². The van der Waals surface area contributed by atoms with Crippen molar-refractivity contribution in [3.8, 4) is 0 Å². The second-order valence-electron chi connectivity index (χ2n) is 5.95. The van der Waals surface area contributed by atoms with E-state index in [4.69, 9.17) is 0 Å². The standard InChI is InChI=1S/C18H17O/c19-17-11-15(17)16-12-18(16,13-7-3-1-4-8-13)14-9-5-2-6-10-14/h1-10,15-17H,11-12H2. The van der Waals surface area contributed by atoms with Crippen molar-refractivity contribution in [3.63, 3.8) is 0 Å². The SMILES string of the molecule is [O]C1CC1C1CC1(c1ccccc1)c1ccccc1. The van der Waals surface area contributed by atoms with Gasteiger partial charge in [0.2, 0.25) is 0 Å². The monoisotopic (exact) mass is 249 g/mol. The second-order valence-corrected chi connectivity index (χ2v) is 5.95. The minimum Gasteiger partial charge on any atom is -0.233 e. The predicted molar refractivity (Wildman–Crippen MR) is 74.4 cm³/mol. The third-order valence-corrected chi connectivity index (χ3v) is 4.89. The summed E-state index contributed by atoms with van der Waals surface area (Å²) >= 11 is 0. The summed E-state index contributed by atoms with van der Waals surface area (Å²) < 4.78 is 0. The molecule has 0 saturated heterocycles. The van der Waals surface area contributed by atoms with E-state index in [1.165, 1.54) is 11.1 Å². The van der Waals surface area contributed by atoms with Gasteiger partial charge in [-0.25, -0.2) is 5.11 Å². The number of benzene rings is 2. The molecule has 0 spiro atoms. The summed E-state index contributed by atoms with van der Waals surface area (Å²) in [5, 5.41) is 11.6. The molecule has 1 radical (unpaired) electrons. The summed E-state index contributed by atoms with van der Waals surface area (Å²) in [6, 6.07) is 21.4. The Kier molecular flexibility index (Phi) is 2.33. The molecule has 0 heterocycles. The number of hydrogen-bond acceptors (Lipinski definition) is 0. The lowest BCUT2D eigenvalue weighted by molar-refractivity contribution is 0.156. The normalized spacial score (nSPS) is 30.9. The van der Waals surface area contributed by atoms with E-state index in [0.717, 1.165) is 12.8 Å². The molecule has 0 N–H and O–H groups in total. The fourth-order valence-electron chi connectivity index (χ4n) is 3.72. The first-order chi connectivity index (χ1) is 9.32. The molecule has 3 unspecified atom stereocenters. The molecule has 19 heavy (non-hydrogen) atoms. The van der Waals surface area contributed by atoms with Crippen LogP contribution in [0.5, 0.6) is 0 Å². The minimum atomic E-state index is -0.306. The van der Waals surface area contributed by atoms with Gasteiger partial charge in [0.1, 0.15) is 0 Å². The molecular formula is C18H17O. The second kappa shape index (κ2) is 3.94. The summed E-state index contributed by atoms with van der Waals surface area (Å²) in [7, 11) is 0. The van der Waals surface area contributed by atoms with E-state index in [0.29, 0.717) is 11.8 Å². The van der Waals surface area contributed by atoms with E-state index in [9.17, 15) is 5.11 Å². The lowest BCUT2D eigenvalue weighted by atomic mass is 9.85. The van der Waals surface area contributed by atoms with E-state index in [1.807, 2.05) is 0 Å². The minimum absolute atomic E-state index is 0.117. The molecule has 2 fully saturated rings. The lowest BCUT2D eigenvalue weighted by Gasteiger charge is -2.19. The van der Waals surface area contributed by atoms with Gasteiger partial charge in [-0.1, -0.05) is 60.7 Å². The average molecular weight is 249 g/mol. The predicted octanol–water partition coefficient (Wildman–Crippen LogP) is 3.81. The Morgan fingerprint density at radius 3 is 1.74 bits per heavy atom. The van der Waals surface area contributed by atoms with Gasteiger partial charge >= 0.3 is 0 Å². The van der Waals surface area contributed by atoms with Crippen molar-refractivity contribution >= 4 is 0 Å². The van der Waals surface area contributed by atoms with Crippen LogP contribution in [0, 0.1) is 11.8 Å². The maximum Gasteiger partial charge on any atom is 0.0965 e. The molecular weight excluding hydrogens is 232 g/mol. The number of rotatable bonds is 3. The van der Waals surface area contributed by atoms with Crippen molar-refractivity contribution in [1.82, 2.24) is 0 Å². The van der Waals surface area contributed by atoms with Gasteiger partial charge in [0.15, 0.2) is 0 Å². The molecule has 95 valence electrons. The molecule has 2 aliphatic carbocycles. The molecule has 1 nitrogen and oxygen atoms in total. The van der Waals surface area contributed by atoms with E-state index in [-0.39, 0.29) is 11.5 Å². The molecule has 3 atom stereocenters. The van der Waals surface area contributed by atoms with Gasteiger partial charge < -0.3 is 0 Å². The van der Waals surface area contributed by atoms with E-state index in [2.05, 4.69) is 60.7 Å². The van der Waals surface area contributed by atoms with Crippen LogP contribution in [-0.2, 0) is 10.5 Å². The topological polar surface area (TPSA) is 19.9 Å². The highest BCUT2D eigenvalue weighted by atomic mass is 16.3. The summed E-state index contributed by atoms with van der Waals surface area (Å²) in [6.07, 6.45) is 1.72. The Balaban J connectivity index is 1.78. The molecule has 0 bridgehead atoms. The third kappa shape index (κ3) is 1.65. The van der Waals surface area contributed by atoms with Crippen LogP contribution in [-0.4, -0.2) is 6.10 Å². The third-order valence-electron chi connectivity index (χ3n) is 4.89. The Morgan fingerprint density at radius 2 is 1.32 bits per heavy atom. The first-order valence-corrected chi connectivity index (χ1v) is 7.09. The zero-order valence-electron chi connectivity index (χ0n) is 10.8. The largest absolute Gasteiger partial charge is 0.233 e. The Hall–Kier alpha value is -1.60. The zero-order chi connectivity index (χ0) is 12.9. The van der Waals surface area contributed by atoms with Crippen molar-refractivity contribution < 1.29 is 5.11 Å². The molecule has 1 heteroatoms. The molecule has 0 amide bonds. The van der Waals surface area contributed by atoms with Crippen LogP contribution < -0.4 is 0 Å². The van der Waals surface area contributed by atoms with Gasteiger partial charge in [0.25, 0.3) is 0 Å². The van der Waals surface area contributed by atoms with Crippen LogP contribution in [0.3, 0.4) is 0 Å². The summed E-state index contributed by atoms with van der Waals surface area (Å²) in [4.78, 5) is 0. The first kappa shape index (κ1) is 11.2. The van der Waals surface area contributed by atoms with E-state index < -0.39 is 0 Å². The van der Waals surface area contributed by atoms with Gasteiger partial charge in [-0.3, -0.25) is 0 Å². The zero-order valence-corrected chi connectivity index (χ0v) is 10.8. The highest BCUT2D eigenvalue weighted by Crippen LogP contribution is 2.66. The molecule has 2 aromatic rings. The summed E-state index contributed by atoms with van der Waals surface area (Å²) in [6.45, 7) is 0. The first-order valence-electron chi connectivity index (χ1n) is 7.09. The van der Waals surface area contributed by atoms with Crippen LogP contribution in [0.4, 0.5) is 0 Å². The lowest BCUT2D eigenvalue weighted by Crippen LogP contribution is -2.13. The fourth-order valence-corrected chi connectivity index (χ4v) is 3.72. The Morgan fingerprint density at radius 1 is 0.842 bits per heavy atom. The highest BCUT2D eigenvalue weighted by Gasteiger charge is 2.64. The van der Waals surface area contributed by atoms with Crippen LogP contribution in [0.1, 0.15) is 24.0 Å². The maximum atomic E-state index is 11.6. The summed E-state index contributed by atoms with van der Waals surface area (Å²) in [5.41, 5.74) is 2.88. The molecule has 0 aliphatic heterocycles. The van der Waals surface area contributed by atoms with Gasteiger partial charge in [0, 0.05) is 5.41 Å². The van der Waals surface area contributed by atoms with Gasteiger partial charge in [-0.2, -0.15) is 0 Å². The molecule has 2 aliphatic rings. The van der Waals surface area contributed by atoms with Crippen molar-refractivity contribution in [2.45, 2.75) is 24.4 Å². The Labute approximate surface area is 113 Å². The maximum absolute atomic E-state index is 11.6. The average Bonchev–Trinajstić information content (AvgIpc) is 3.36. The Bertz CT molecular complexity index is 536. The van der Waals surface area contributed by atoms with E-state index >= 15 is 0 Å². The van der Waals surface area contributed by atoms with Crippen LogP contribution >= 0.6 is 0 Å². The van der Waals surface area contributed by atoms with Crippen LogP contribution in [0.15, 0.2) is 60.7 Å². The number of hydrogen-bond donors (Lipinski definition) is 0. The van der Waals surface area contributed by atoms with Crippen molar-refractivity contribution in [2.75, 3.05) is 0 Å². The van der Waals surface area contributed by atoms with Gasteiger partial charge in [0.05, 0.1) is 6.10 Å². The van der Waals surface area contributed by atoms with Crippen LogP contribution in [0.25, 0.3) is 0 Å². The smallest absolute Gasteiger partial charge is 0.0965 e. The summed E-state index contributed by atoms with van der Waals surface area (Å²) in [5.74, 6) is 0.959. The van der Waals surface area contributed by atoms with Gasteiger partial charge in [-0.15, -0.1) is 0 Å². The molecule has 2 aromatic carbocycles. The van der Waals surface area contributed by atoms with Gasteiger partial charge in [-0.05, 0) is 35.8 Å². The quantitative estimate of drug-likeness (QED) is 0.788. The molecule has 0 aromatic heterocycles. The molecule has 4 rings (SSSR count). The van der Waals surface area contributed by atoms with Crippen molar-refractivity contribution in [3.05, 3.63) is 71.8 Å². The molecule has 2 saturated carbocycles. The van der Waals surface area contributed by atoms with Crippen molar-refractivity contribution in [2.24, 2.45) is 11.8 Å². The fraction of sp³-hybridized carbons (Fsp3) is 0.333. The highest BCUT2D eigenvalue weighted by molar-refractivity contribution is 5.48.